The van der Waals surface area contributed by atoms with Crippen LogP contribution in [-0.2, 0) is 10.0 Å². The van der Waals surface area contributed by atoms with E-state index in [-0.39, 0.29) is 10.5 Å². The monoisotopic (exact) mass is 445 g/mol. The van der Waals surface area contributed by atoms with Gasteiger partial charge in [-0.1, -0.05) is 29.8 Å². The summed E-state index contributed by atoms with van der Waals surface area (Å²) in [6, 6.07) is 13.6. The number of fused-ring (bicyclic) bond motifs is 1. The van der Waals surface area contributed by atoms with E-state index in [1.165, 1.54) is 4.31 Å². The summed E-state index contributed by atoms with van der Waals surface area (Å²) in [5.74, 6) is 0.373. The standard InChI is InChI=1S/C22H24ClN3O3S/c1-26(14-15-9-11-24-12-10-15)30(28,29)17-7-5-16(6-8-17)21-13-19-18(22(27)25-21)3-2-4-20(19)23/h2-8,13,15,24H,9-12,14H2,1H3,(H,25,27). The molecular formula is C22H24ClN3O3S. The number of hydrogen-bond acceptors (Lipinski definition) is 4. The van der Waals surface area contributed by atoms with Gasteiger partial charge in [0.25, 0.3) is 5.56 Å². The van der Waals surface area contributed by atoms with Gasteiger partial charge in [0, 0.05) is 35.1 Å². The highest BCUT2D eigenvalue weighted by atomic mass is 35.5. The number of rotatable bonds is 5. The molecule has 158 valence electrons. The molecule has 1 saturated heterocycles. The highest BCUT2D eigenvalue weighted by molar-refractivity contribution is 7.89. The molecule has 8 heteroatoms. The van der Waals surface area contributed by atoms with Crippen molar-refractivity contribution in [2.24, 2.45) is 5.92 Å². The number of hydrogen-bond donors (Lipinski definition) is 2. The minimum absolute atomic E-state index is 0.233. The fraction of sp³-hybridized carbons (Fsp3) is 0.318. The average molecular weight is 446 g/mol. The number of nitrogens with zero attached hydrogens (tertiary/aromatic N) is 1. The van der Waals surface area contributed by atoms with Crippen LogP contribution in [0.4, 0.5) is 0 Å². The topological polar surface area (TPSA) is 82.3 Å². The van der Waals surface area contributed by atoms with Crippen LogP contribution in [0.15, 0.2) is 58.2 Å². The number of piperidine rings is 1. The predicted octanol–water partition coefficient (Wildman–Crippen LogP) is 3.47. The fourth-order valence-electron chi connectivity index (χ4n) is 3.92. The Morgan fingerprint density at radius 2 is 1.77 bits per heavy atom. The van der Waals surface area contributed by atoms with Crippen molar-refractivity contribution in [3.05, 3.63) is 63.9 Å². The van der Waals surface area contributed by atoms with Crippen molar-refractivity contribution in [2.45, 2.75) is 17.7 Å². The molecule has 2 N–H and O–H groups in total. The lowest BCUT2D eigenvalue weighted by Crippen LogP contribution is -2.37. The second kappa shape index (κ2) is 8.51. The van der Waals surface area contributed by atoms with Crippen LogP contribution in [0.25, 0.3) is 22.0 Å². The lowest BCUT2D eigenvalue weighted by atomic mass is 9.98. The third-order valence-corrected chi connectivity index (χ3v) is 7.85. The summed E-state index contributed by atoms with van der Waals surface area (Å²) in [4.78, 5) is 15.5. The number of sulfonamides is 1. The second-order valence-electron chi connectivity index (χ2n) is 7.72. The number of halogens is 1. The van der Waals surface area contributed by atoms with E-state index in [1.54, 1.807) is 49.5 Å². The molecule has 2 aromatic carbocycles. The molecule has 2 heterocycles. The van der Waals surface area contributed by atoms with E-state index >= 15 is 0 Å². The zero-order chi connectivity index (χ0) is 21.3. The molecule has 0 atom stereocenters. The molecule has 1 aliphatic rings. The first-order valence-electron chi connectivity index (χ1n) is 9.95. The summed E-state index contributed by atoms with van der Waals surface area (Å²) < 4.78 is 27.4. The Balaban J connectivity index is 1.60. The predicted molar refractivity (Wildman–Crippen MR) is 120 cm³/mol. The second-order valence-corrected chi connectivity index (χ2v) is 10.2. The van der Waals surface area contributed by atoms with Crippen LogP contribution in [0.1, 0.15) is 12.8 Å². The highest BCUT2D eigenvalue weighted by Crippen LogP contribution is 2.27. The summed E-state index contributed by atoms with van der Waals surface area (Å²) in [7, 11) is -1.93. The third kappa shape index (κ3) is 4.16. The van der Waals surface area contributed by atoms with Gasteiger partial charge in [-0.2, -0.15) is 0 Å². The van der Waals surface area contributed by atoms with Crippen molar-refractivity contribution in [1.82, 2.24) is 14.6 Å². The van der Waals surface area contributed by atoms with Crippen LogP contribution in [0.3, 0.4) is 0 Å². The quantitative estimate of drug-likeness (QED) is 0.630. The molecule has 0 unspecified atom stereocenters. The number of aromatic amines is 1. The molecule has 30 heavy (non-hydrogen) atoms. The van der Waals surface area contributed by atoms with Gasteiger partial charge < -0.3 is 10.3 Å². The van der Waals surface area contributed by atoms with Crippen molar-refractivity contribution in [3.63, 3.8) is 0 Å². The molecule has 6 nitrogen and oxygen atoms in total. The van der Waals surface area contributed by atoms with Crippen LogP contribution in [0.2, 0.25) is 5.02 Å². The Morgan fingerprint density at radius 3 is 2.47 bits per heavy atom. The van der Waals surface area contributed by atoms with Crippen LogP contribution in [0, 0.1) is 5.92 Å². The van der Waals surface area contributed by atoms with Gasteiger partial charge in [0.1, 0.15) is 0 Å². The maximum absolute atomic E-state index is 13.0. The van der Waals surface area contributed by atoms with Gasteiger partial charge in [0.15, 0.2) is 0 Å². The summed E-state index contributed by atoms with van der Waals surface area (Å²) >= 11 is 6.25. The van der Waals surface area contributed by atoms with Crippen molar-refractivity contribution in [2.75, 3.05) is 26.7 Å². The smallest absolute Gasteiger partial charge is 0.256 e. The maximum atomic E-state index is 13.0. The SMILES string of the molecule is CN(CC1CCNCC1)S(=O)(=O)c1ccc(-c2cc3c(Cl)cccc3c(=O)[nH]2)cc1. The van der Waals surface area contributed by atoms with Gasteiger partial charge >= 0.3 is 0 Å². The van der Waals surface area contributed by atoms with E-state index in [4.69, 9.17) is 11.6 Å². The van der Waals surface area contributed by atoms with Crippen LogP contribution in [-0.4, -0.2) is 44.4 Å². The van der Waals surface area contributed by atoms with E-state index in [0.717, 1.165) is 25.9 Å². The Labute approximate surface area is 180 Å². The molecule has 0 aliphatic carbocycles. The molecule has 3 aromatic rings. The van der Waals surface area contributed by atoms with Gasteiger partial charge in [-0.15, -0.1) is 0 Å². The van der Waals surface area contributed by atoms with Gasteiger partial charge in [-0.3, -0.25) is 4.79 Å². The normalized spacial score (nSPS) is 15.7. The summed E-state index contributed by atoms with van der Waals surface area (Å²) in [5, 5.41) is 4.98. The number of H-pyrrole nitrogens is 1. The largest absolute Gasteiger partial charge is 0.321 e. The van der Waals surface area contributed by atoms with Crippen molar-refractivity contribution < 1.29 is 8.42 Å². The zero-order valence-corrected chi connectivity index (χ0v) is 18.3. The van der Waals surface area contributed by atoms with E-state index in [9.17, 15) is 13.2 Å². The number of nitrogens with one attached hydrogen (secondary N) is 2. The lowest BCUT2D eigenvalue weighted by Gasteiger charge is -2.27. The first kappa shape index (κ1) is 21.1. The van der Waals surface area contributed by atoms with E-state index in [2.05, 4.69) is 10.3 Å². The molecule has 0 radical (unpaired) electrons. The third-order valence-electron chi connectivity index (χ3n) is 5.68. The number of benzene rings is 2. The Hall–Kier alpha value is -2.19. The molecule has 1 aliphatic heterocycles. The summed E-state index contributed by atoms with van der Waals surface area (Å²) in [6.45, 7) is 2.38. The van der Waals surface area contributed by atoms with Crippen molar-refractivity contribution >= 4 is 32.4 Å². The molecule has 0 spiro atoms. The minimum Gasteiger partial charge on any atom is -0.321 e. The van der Waals surface area contributed by atoms with Crippen LogP contribution in [0.5, 0.6) is 0 Å². The summed E-state index contributed by atoms with van der Waals surface area (Å²) in [5.41, 5.74) is 1.07. The zero-order valence-electron chi connectivity index (χ0n) is 16.7. The Morgan fingerprint density at radius 1 is 1.07 bits per heavy atom. The van der Waals surface area contributed by atoms with Gasteiger partial charge in [0.05, 0.1) is 4.90 Å². The highest BCUT2D eigenvalue weighted by Gasteiger charge is 2.24. The molecule has 0 bridgehead atoms. The maximum Gasteiger partial charge on any atom is 0.256 e. The minimum atomic E-state index is -3.57. The van der Waals surface area contributed by atoms with Gasteiger partial charge in [-0.05, 0) is 67.7 Å². The first-order valence-corrected chi connectivity index (χ1v) is 11.8. The first-order chi connectivity index (χ1) is 14.4. The average Bonchev–Trinajstić information content (AvgIpc) is 2.75. The fourth-order valence-corrected chi connectivity index (χ4v) is 5.40. The molecule has 0 amide bonds. The number of aromatic nitrogens is 1. The molecule has 0 saturated carbocycles. The molecular weight excluding hydrogens is 422 g/mol. The van der Waals surface area contributed by atoms with Crippen molar-refractivity contribution in [1.29, 1.82) is 0 Å². The lowest BCUT2D eigenvalue weighted by molar-refractivity contribution is 0.311. The van der Waals surface area contributed by atoms with E-state index < -0.39 is 10.0 Å². The molecule has 1 fully saturated rings. The van der Waals surface area contributed by atoms with E-state index in [0.29, 0.717) is 39.5 Å². The molecule has 4 rings (SSSR count). The Bertz CT molecular complexity index is 1220. The van der Waals surface area contributed by atoms with Crippen LogP contribution < -0.4 is 10.9 Å². The Kier molecular flexibility index (Phi) is 5.97. The van der Waals surface area contributed by atoms with Gasteiger partial charge in [0.2, 0.25) is 10.0 Å². The number of pyridine rings is 1. The van der Waals surface area contributed by atoms with Crippen molar-refractivity contribution in [3.8, 4) is 11.3 Å². The van der Waals surface area contributed by atoms with E-state index in [1.807, 2.05) is 6.07 Å². The van der Waals surface area contributed by atoms with Gasteiger partial charge in [-0.25, -0.2) is 12.7 Å². The summed E-state index contributed by atoms with van der Waals surface area (Å²) in [6.07, 6.45) is 1.97. The molecule has 1 aromatic heterocycles. The van der Waals surface area contributed by atoms with Crippen LogP contribution >= 0.6 is 11.6 Å².